The van der Waals surface area contributed by atoms with Gasteiger partial charge in [0.05, 0.1) is 10.0 Å². The normalized spacial score (nSPS) is 13.8. The lowest BCUT2D eigenvalue weighted by atomic mass is 9.96. The van der Waals surface area contributed by atoms with E-state index < -0.39 is 23.5 Å². The Morgan fingerprint density at radius 3 is 2.47 bits per heavy atom. The van der Waals surface area contributed by atoms with Gasteiger partial charge in [0, 0.05) is 11.6 Å². The Balaban J connectivity index is 3.36. The molecule has 0 aliphatic rings. The molecule has 0 unspecified atom stereocenters. The van der Waals surface area contributed by atoms with Crippen molar-refractivity contribution in [3.63, 3.8) is 0 Å². The van der Waals surface area contributed by atoms with E-state index in [1.54, 1.807) is 0 Å². The van der Waals surface area contributed by atoms with Crippen molar-refractivity contribution < 1.29 is 18.3 Å². The number of hydrogen-bond donors (Lipinski definition) is 2. The Hall–Kier alpha value is -0.750. The minimum Gasteiger partial charge on any atom is -0.506 e. The lowest BCUT2D eigenvalue weighted by Gasteiger charge is -2.20. The molecule has 96 valence electrons. The predicted octanol–water partition coefficient (Wildman–Crippen LogP) is 3.97. The third-order valence-electron chi connectivity index (χ3n) is 2.44. The molecule has 2 nitrogen and oxygen atoms in total. The number of alkyl halides is 3. The Kier molecular flexibility index (Phi) is 4.43. The number of hydrogen-bond acceptors (Lipinski definition) is 2. The molecule has 0 spiro atoms. The lowest BCUT2D eigenvalue weighted by molar-refractivity contribution is -0.138. The van der Waals surface area contributed by atoms with Crippen LogP contribution in [0.15, 0.2) is 16.6 Å². The van der Waals surface area contributed by atoms with Crippen LogP contribution in [0.1, 0.15) is 36.9 Å². The summed E-state index contributed by atoms with van der Waals surface area (Å²) in [5.74, 6) is -0.430. The molecule has 17 heavy (non-hydrogen) atoms. The van der Waals surface area contributed by atoms with Gasteiger partial charge < -0.3 is 10.8 Å². The minimum atomic E-state index is -4.52. The van der Waals surface area contributed by atoms with Gasteiger partial charge >= 0.3 is 6.18 Å². The molecule has 0 fully saturated rings. The first-order valence-electron chi connectivity index (χ1n) is 5.13. The summed E-state index contributed by atoms with van der Waals surface area (Å²) < 4.78 is 38.6. The van der Waals surface area contributed by atoms with Crippen LogP contribution in [0.5, 0.6) is 5.75 Å². The molecule has 0 bridgehead atoms. The molecular formula is C11H13BrF3NO. The van der Waals surface area contributed by atoms with Crippen molar-refractivity contribution in [2.75, 3.05) is 0 Å². The molecule has 0 saturated heterocycles. The zero-order chi connectivity index (χ0) is 13.2. The van der Waals surface area contributed by atoms with Crippen LogP contribution in [0.4, 0.5) is 13.2 Å². The van der Waals surface area contributed by atoms with Gasteiger partial charge in [-0.15, -0.1) is 0 Å². The highest BCUT2D eigenvalue weighted by Gasteiger charge is 2.36. The first-order chi connectivity index (χ1) is 7.79. The summed E-state index contributed by atoms with van der Waals surface area (Å²) in [6.45, 7) is 1.82. The largest absolute Gasteiger partial charge is 0.506 e. The lowest BCUT2D eigenvalue weighted by Crippen LogP contribution is -2.17. The van der Waals surface area contributed by atoms with Gasteiger partial charge in [-0.3, -0.25) is 0 Å². The summed E-state index contributed by atoms with van der Waals surface area (Å²) in [4.78, 5) is 0. The molecule has 1 atom stereocenters. The Morgan fingerprint density at radius 2 is 2.00 bits per heavy atom. The van der Waals surface area contributed by atoms with Crippen molar-refractivity contribution in [3.8, 4) is 5.75 Å². The highest BCUT2D eigenvalue weighted by Crippen LogP contribution is 2.42. The van der Waals surface area contributed by atoms with Gasteiger partial charge in [0.15, 0.2) is 0 Å². The van der Waals surface area contributed by atoms with E-state index in [0.29, 0.717) is 12.8 Å². The average Bonchev–Trinajstić information content (AvgIpc) is 2.20. The molecule has 1 aromatic rings. The zero-order valence-electron chi connectivity index (χ0n) is 9.18. The molecule has 0 aliphatic carbocycles. The second-order valence-corrected chi connectivity index (χ2v) is 4.60. The predicted molar refractivity (Wildman–Crippen MR) is 62.6 cm³/mol. The second-order valence-electron chi connectivity index (χ2n) is 3.75. The number of benzene rings is 1. The molecule has 3 N–H and O–H groups in total. The SMILES string of the molecule is CCC[C@@H](N)c1c(C(F)(F)F)ccc(Br)c1O. The zero-order valence-corrected chi connectivity index (χ0v) is 10.8. The van der Waals surface area contributed by atoms with Crippen LogP contribution in [0.25, 0.3) is 0 Å². The molecule has 0 aliphatic heterocycles. The van der Waals surface area contributed by atoms with E-state index >= 15 is 0 Å². The molecule has 0 aromatic heterocycles. The van der Waals surface area contributed by atoms with Crippen molar-refractivity contribution in [3.05, 3.63) is 27.7 Å². The Morgan fingerprint density at radius 1 is 1.41 bits per heavy atom. The van der Waals surface area contributed by atoms with Gasteiger partial charge in [0.1, 0.15) is 5.75 Å². The fourth-order valence-electron chi connectivity index (χ4n) is 1.66. The standard InChI is InChI=1S/C11H13BrF3NO/c1-2-3-8(16)9-6(11(13,14)15)4-5-7(12)10(9)17/h4-5,8,17H,2-3,16H2,1H3/t8-/m1/s1. The first kappa shape index (κ1) is 14.3. The molecule has 0 saturated carbocycles. The van der Waals surface area contributed by atoms with E-state index in [0.717, 1.165) is 6.07 Å². The van der Waals surface area contributed by atoms with Crippen molar-refractivity contribution in [1.29, 1.82) is 0 Å². The third-order valence-corrected chi connectivity index (χ3v) is 3.08. The Bertz CT molecular complexity index is 406. The van der Waals surface area contributed by atoms with Gasteiger partial charge in [0.2, 0.25) is 0 Å². The van der Waals surface area contributed by atoms with Crippen LogP contribution in [0.3, 0.4) is 0 Å². The smallest absolute Gasteiger partial charge is 0.416 e. The van der Waals surface area contributed by atoms with E-state index in [9.17, 15) is 18.3 Å². The van der Waals surface area contributed by atoms with Crippen LogP contribution >= 0.6 is 15.9 Å². The fraction of sp³-hybridized carbons (Fsp3) is 0.455. The molecular weight excluding hydrogens is 299 g/mol. The highest BCUT2D eigenvalue weighted by atomic mass is 79.9. The highest BCUT2D eigenvalue weighted by molar-refractivity contribution is 9.10. The van der Waals surface area contributed by atoms with Crippen molar-refractivity contribution in [2.45, 2.75) is 32.0 Å². The van der Waals surface area contributed by atoms with Crippen molar-refractivity contribution >= 4 is 15.9 Å². The number of aromatic hydroxyl groups is 1. The van der Waals surface area contributed by atoms with E-state index in [-0.39, 0.29) is 10.0 Å². The number of halogens is 4. The maximum atomic E-state index is 12.8. The average molecular weight is 312 g/mol. The number of nitrogens with two attached hydrogens (primary N) is 1. The van der Waals surface area contributed by atoms with E-state index in [1.807, 2.05) is 6.92 Å². The summed E-state index contributed by atoms with van der Waals surface area (Å²) >= 11 is 2.99. The number of phenolic OH excluding ortho intramolecular Hbond substituents is 1. The fourth-order valence-corrected chi connectivity index (χ4v) is 2.01. The second kappa shape index (κ2) is 5.27. The van der Waals surface area contributed by atoms with Crippen molar-refractivity contribution in [1.82, 2.24) is 0 Å². The van der Waals surface area contributed by atoms with Crippen molar-refractivity contribution in [2.24, 2.45) is 5.73 Å². The van der Waals surface area contributed by atoms with Gasteiger partial charge in [0.25, 0.3) is 0 Å². The van der Waals surface area contributed by atoms with Gasteiger partial charge in [-0.05, 0) is 34.5 Å². The summed E-state index contributed by atoms with van der Waals surface area (Å²) in [7, 11) is 0. The molecule has 0 amide bonds. The van der Waals surface area contributed by atoms with E-state index in [1.165, 1.54) is 6.07 Å². The monoisotopic (exact) mass is 311 g/mol. The van der Waals surface area contributed by atoms with Crippen LogP contribution < -0.4 is 5.73 Å². The summed E-state index contributed by atoms with van der Waals surface area (Å²) in [6, 6.07) is 1.27. The topological polar surface area (TPSA) is 46.2 Å². The number of rotatable bonds is 3. The molecule has 1 aromatic carbocycles. The van der Waals surface area contributed by atoms with Crippen LogP contribution in [0, 0.1) is 0 Å². The number of phenols is 1. The summed E-state index contributed by atoms with van der Waals surface area (Å²) in [6.07, 6.45) is -3.49. The van der Waals surface area contributed by atoms with Crippen LogP contribution in [-0.4, -0.2) is 5.11 Å². The summed E-state index contributed by atoms with van der Waals surface area (Å²) in [5, 5.41) is 9.71. The molecule has 0 radical (unpaired) electrons. The maximum absolute atomic E-state index is 12.8. The van der Waals surface area contributed by atoms with E-state index in [2.05, 4.69) is 15.9 Å². The molecule has 1 rings (SSSR count). The van der Waals surface area contributed by atoms with Crippen LogP contribution in [0.2, 0.25) is 0 Å². The quantitative estimate of drug-likeness (QED) is 0.887. The minimum absolute atomic E-state index is 0.215. The Labute approximate surface area is 106 Å². The summed E-state index contributed by atoms with van der Waals surface area (Å²) in [5.41, 5.74) is 4.57. The first-order valence-corrected chi connectivity index (χ1v) is 5.92. The molecule has 6 heteroatoms. The van der Waals surface area contributed by atoms with Crippen LogP contribution in [-0.2, 0) is 6.18 Å². The maximum Gasteiger partial charge on any atom is 0.416 e. The molecule has 0 heterocycles. The van der Waals surface area contributed by atoms with Gasteiger partial charge in [-0.1, -0.05) is 13.3 Å². The third kappa shape index (κ3) is 3.13. The van der Waals surface area contributed by atoms with Gasteiger partial charge in [-0.2, -0.15) is 13.2 Å². The van der Waals surface area contributed by atoms with Gasteiger partial charge in [-0.25, -0.2) is 0 Å². The van der Waals surface area contributed by atoms with E-state index in [4.69, 9.17) is 5.73 Å².